The van der Waals surface area contributed by atoms with Crippen LogP contribution in [0.15, 0.2) is 47.4 Å². The third-order valence-electron chi connectivity index (χ3n) is 3.80. The summed E-state index contributed by atoms with van der Waals surface area (Å²) in [6.07, 6.45) is 1.54. The van der Waals surface area contributed by atoms with E-state index in [1.807, 2.05) is 0 Å². The summed E-state index contributed by atoms with van der Waals surface area (Å²) in [6.45, 7) is 2.72. The molecule has 0 saturated carbocycles. The van der Waals surface area contributed by atoms with Gasteiger partial charge in [-0.05, 0) is 56.1 Å². The lowest BCUT2D eigenvalue weighted by atomic mass is 10.1. The summed E-state index contributed by atoms with van der Waals surface area (Å²) in [5.74, 6) is -1.04. The Morgan fingerprint density at radius 1 is 1.15 bits per heavy atom. The van der Waals surface area contributed by atoms with Crippen LogP contribution in [-0.2, 0) is 10.0 Å². The Bertz CT molecular complexity index is 885. The number of nitrogens with two attached hydrogens (primary N) is 1. The second-order valence-electron chi connectivity index (χ2n) is 5.81. The third kappa shape index (κ3) is 5.03. The third-order valence-corrected chi connectivity index (χ3v) is 5.16. The average Bonchev–Trinajstić information content (AvgIpc) is 2.60. The molecule has 1 amide bonds. The van der Waals surface area contributed by atoms with Crippen LogP contribution in [0.25, 0.3) is 0 Å². The fourth-order valence-corrected chi connectivity index (χ4v) is 3.42. The van der Waals surface area contributed by atoms with E-state index in [-0.39, 0.29) is 22.1 Å². The van der Waals surface area contributed by atoms with E-state index < -0.39 is 15.8 Å². The zero-order chi connectivity index (χ0) is 19.2. The molecule has 140 valence electrons. The van der Waals surface area contributed by atoms with Gasteiger partial charge in [-0.3, -0.25) is 9.52 Å². The molecule has 0 aliphatic rings. The van der Waals surface area contributed by atoms with Crippen molar-refractivity contribution in [2.75, 3.05) is 17.8 Å². The number of nitrogens with one attached hydrogen (secondary N) is 2. The summed E-state index contributed by atoms with van der Waals surface area (Å²) in [5.41, 5.74) is 6.16. The molecule has 0 aliphatic carbocycles. The number of halogens is 1. The first kappa shape index (κ1) is 19.9. The summed E-state index contributed by atoms with van der Waals surface area (Å²) >= 11 is 0. The molecule has 0 saturated heterocycles. The number of unbranched alkanes of at least 4 members (excludes halogenated alkanes) is 1. The number of anilines is 1. The second kappa shape index (κ2) is 8.77. The molecule has 0 heterocycles. The van der Waals surface area contributed by atoms with Gasteiger partial charge >= 0.3 is 0 Å². The number of rotatable bonds is 8. The molecular weight excluding hydrogens is 357 g/mol. The summed E-state index contributed by atoms with van der Waals surface area (Å²) in [4.78, 5) is 12.2. The molecule has 8 heteroatoms. The van der Waals surface area contributed by atoms with Crippen LogP contribution in [0.4, 0.5) is 10.1 Å². The van der Waals surface area contributed by atoms with Crippen molar-refractivity contribution in [3.05, 3.63) is 59.4 Å². The maximum atomic E-state index is 13.7. The van der Waals surface area contributed by atoms with Crippen molar-refractivity contribution in [1.82, 2.24) is 5.32 Å². The SMILES string of the molecule is Cc1ccc(S(=O)(=O)Nc2ccccc2F)cc1C(=O)NCCCCN. The Kier molecular flexibility index (Phi) is 6.70. The van der Waals surface area contributed by atoms with Gasteiger partial charge in [-0.1, -0.05) is 18.2 Å². The highest BCUT2D eigenvalue weighted by Gasteiger charge is 2.19. The first-order valence-electron chi connectivity index (χ1n) is 8.21. The Balaban J connectivity index is 2.22. The van der Waals surface area contributed by atoms with Gasteiger partial charge in [-0.15, -0.1) is 0 Å². The van der Waals surface area contributed by atoms with Gasteiger partial charge in [-0.2, -0.15) is 0 Å². The van der Waals surface area contributed by atoms with E-state index in [1.165, 1.54) is 30.3 Å². The van der Waals surface area contributed by atoms with Gasteiger partial charge in [0.15, 0.2) is 0 Å². The van der Waals surface area contributed by atoms with E-state index in [9.17, 15) is 17.6 Å². The number of sulfonamides is 1. The van der Waals surface area contributed by atoms with Gasteiger partial charge in [0.1, 0.15) is 5.82 Å². The highest BCUT2D eigenvalue weighted by molar-refractivity contribution is 7.92. The summed E-state index contributed by atoms with van der Waals surface area (Å²) < 4.78 is 40.9. The molecule has 0 radical (unpaired) electrons. The maximum absolute atomic E-state index is 13.7. The van der Waals surface area contributed by atoms with Crippen molar-refractivity contribution in [3.63, 3.8) is 0 Å². The standard InChI is InChI=1S/C18H22FN3O3S/c1-13-8-9-14(12-15(13)18(23)21-11-5-4-10-20)26(24,25)22-17-7-3-2-6-16(17)19/h2-3,6-9,12,22H,4-5,10-11,20H2,1H3,(H,21,23). The molecule has 0 spiro atoms. The van der Waals surface area contributed by atoms with Gasteiger partial charge in [0.2, 0.25) is 0 Å². The van der Waals surface area contributed by atoms with Crippen LogP contribution in [0, 0.1) is 12.7 Å². The van der Waals surface area contributed by atoms with Crippen molar-refractivity contribution in [2.45, 2.75) is 24.7 Å². The van der Waals surface area contributed by atoms with Crippen molar-refractivity contribution >= 4 is 21.6 Å². The number of amides is 1. The molecule has 0 fully saturated rings. The van der Waals surface area contributed by atoms with Crippen LogP contribution in [0.2, 0.25) is 0 Å². The summed E-state index contributed by atoms with van der Waals surface area (Å²) in [7, 11) is -4.02. The van der Waals surface area contributed by atoms with Gasteiger partial charge in [-0.25, -0.2) is 12.8 Å². The topological polar surface area (TPSA) is 101 Å². The summed E-state index contributed by atoms with van der Waals surface area (Å²) in [6, 6.07) is 9.69. The molecule has 0 aromatic heterocycles. The fraction of sp³-hybridized carbons (Fsp3) is 0.278. The van der Waals surface area contributed by atoms with Crippen LogP contribution in [0.1, 0.15) is 28.8 Å². The number of carbonyl (C=O) groups excluding carboxylic acids is 1. The lowest BCUT2D eigenvalue weighted by molar-refractivity contribution is 0.0952. The molecule has 2 rings (SSSR count). The van der Waals surface area contributed by atoms with E-state index in [0.717, 1.165) is 18.9 Å². The molecule has 26 heavy (non-hydrogen) atoms. The van der Waals surface area contributed by atoms with Gasteiger partial charge in [0.25, 0.3) is 15.9 Å². The monoisotopic (exact) mass is 379 g/mol. The smallest absolute Gasteiger partial charge is 0.262 e. The molecule has 6 nitrogen and oxygen atoms in total. The quantitative estimate of drug-likeness (QED) is 0.613. The largest absolute Gasteiger partial charge is 0.352 e. The molecule has 0 atom stereocenters. The first-order valence-corrected chi connectivity index (χ1v) is 9.70. The van der Waals surface area contributed by atoms with Crippen LogP contribution in [-0.4, -0.2) is 27.4 Å². The van der Waals surface area contributed by atoms with Gasteiger partial charge in [0, 0.05) is 12.1 Å². The van der Waals surface area contributed by atoms with E-state index in [1.54, 1.807) is 13.0 Å². The molecule has 2 aromatic rings. The average molecular weight is 379 g/mol. The minimum absolute atomic E-state index is 0.113. The Morgan fingerprint density at radius 2 is 1.88 bits per heavy atom. The minimum atomic E-state index is -4.02. The molecule has 2 aromatic carbocycles. The fourth-order valence-electron chi connectivity index (χ4n) is 2.33. The van der Waals surface area contributed by atoms with Crippen molar-refractivity contribution in [2.24, 2.45) is 5.73 Å². The van der Waals surface area contributed by atoms with E-state index in [4.69, 9.17) is 5.73 Å². The predicted octanol–water partition coefficient (Wildman–Crippen LogP) is 2.40. The van der Waals surface area contributed by atoms with Crippen molar-refractivity contribution in [1.29, 1.82) is 0 Å². The van der Waals surface area contributed by atoms with Gasteiger partial charge < -0.3 is 11.1 Å². The Hall–Kier alpha value is -2.45. The first-order chi connectivity index (χ1) is 12.3. The number of carbonyl (C=O) groups is 1. The van der Waals surface area contributed by atoms with Crippen LogP contribution in [0.3, 0.4) is 0 Å². The normalized spacial score (nSPS) is 11.2. The number of hydrogen-bond donors (Lipinski definition) is 3. The van der Waals surface area contributed by atoms with E-state index in [2.05, 4.69) is 10.0 Å². The molecule has 0 aliphatic heterocycles. The summed E-state index contributed by atoms with van der Waals surface area (Å²) in [5, 5.41) is 2.74. The van der Waals surface area contributed by atoms with Crippen LogP contribution in [0.5, 0.6) is 0 Å². The number of benzene rings is 2. The van der Waals surface area contributed by atoms with E-state index >= 15 is 0 Å². The van der Waals surface area contributed by atoms with Crippen molar-refractivity contribution < 1.29 is 17.6 Å². The Labute approximate surface area is 152 Å². The predicted molar refractivity (Wildman–Crippen MR) is 99.0 cm³/mol. The zero-order valence-electron chi connectivity index (χ0n) is 14.5. The highest BCUT2D eigenvalue weighted by atomic mass is 32.2. The second-order valence-corrected chi connectivity index (χ2v) is 7.50. The number of aryl methyl sites for hydroxylation is 1. The lowest BCUT2D eigenvalue weighted by Gasteiger charge is -2.12. The lowest BCUT2D eigenvalue weighted by Crippen LogP contribution is -2.26. The molecule has 0 bridgehead atoms. The van der Waals surface area contributed by atoms with Crippen LogP contribution >= 0.6 is 0 Å². The molecule has 0 unspecified atom stereocenters. The van der Waals surface area contributed by atoms with Gasteiger partial charge in [0.05, 0.1) is 10.6 Å². The zero-order valence-corrected chi connectivity index (χ0v) is 15.3. The van der Waals surface area contributed by atoms with Crippen LogP contribution < -0.4 is 15.8 Å². The molecule has 4 N–H and O–H groups in total. The number of para-hydroxylation sites is 1. The molecular formula is C18H22FN3O3S. The van der Waals surface area contributed by atoms with Crippen molar-refractivity contribution in [3.8, 4) is 0 Å². The number of hydrogen-bond acceptors (Lipinski definition) is 4. The maximum Gasteiger partial charge on any atom is 0.262 e. The Morgan fingerprint density at radius 3 is 2.58 bits per heavy atom. The van der Waals surface area contributed by atoms with E-state index in [0.29, 0.717) is 18.7 Å². The highest BCUT2D eigenvalue weighted by Crippen LogP contribution is 2.21. The minimum Gasteiger partial charge on any atom is -0.352 e.